The molecule has 3 heteroatoms. The maximum atomic E-state index is 10.2. The highest BCUT2D eigenvalue weighted by atomic mass is 16.5. The molecular formula is C18H31NO2. The maximum absolute atomic E-state index is 10.2. The summed E-state index contributed by atoms with van der Waals surface area (Å²) in [6.07, 6.45) is 6.80. The van der Waals surface area contributed by atoms with Gasteiger partial charge in [0.15, 0.2) is 0 Å². The number of ether oxygens (including phenoxy) is 1. The molecule has 120 valence electrons. The molecule has 0 spiro atoms. The summed E-state index contributed by atoms with van der Waals surface area (Å²) in [5.74, 6) is 1.21. The number of anilines is 1. The Hall–Kier alpha value is -1.38. The van der Waals surface area contributed by atoms with Gasteiger partial charge in [-0.2, -0.15) is 0 Å². The number of unbranched alkanes of at least 4 members (excludes halogenated alkanes) is 3. The van der Waals surface area contributed by atoms with E-state index in [4.69, 9.17) is 4.74 Å². The molecule has 0 aromatic heterocycles. The van der Waals surface area contributed by atoms with Crippen LogP contribution in [0.2, 0.25) is 0 Å². The molecule has 1 aromatic carbocycles. The zero-order valence-corrected chi connectivity index (χ0v) is 13.9. The molecule has 0 heterocycles. The highest BCUT2D eigenvalue weighted by Crippen LogP contribution is 2.32. The van der Waals surface area contributed by atoms with Crippen molar-refractivity contribution in [1.29, 1.82) is 0 Å². The van der Waals surface area contributed by atoms with Crippen LogP contribution in [-0.4, -0.2) is 24.8 Å². The molecule has 1 rings (SSSR count). The monoisotopic (exact) mass is 293 g/mol. The van der Waals surface area contributed by atoms with E-state index in [1.807, 2.05) is 12.1 Å². The zero-order chi connectivity index (χ0) is 15.5. The number of nitrogens with zero attached hydrogens (tertiary/aromatic N) is 1. The molecular weight excluding hydrogens is 262 g/mol. The summed E-state index contributed by atoms with van der Waals surface area (Å²) in [4.78, 5) is 2.29. The molecule has 1 aromatic rings. The van der Waals surface area contributed by atoms with Gasteiger partial charge in [-0.3, -0.25) is 0 Å². The van der Waals surface area contributed by atoms with E-state index in [0.717, 1.165) is 69.7 Å². The van der Waals surface area contributed by atoms with Gasteiger partial charge < -0.3 is 14.7 Å². The number of hydrogen-bond acceptors (Lipinski definition) is 3. The van der Waals surface area contributed by atoms with Crippen molar-refractivity contribution in [3.63, 3.8) is 0 Å². The minimum atomic E-state index is 0.352. The number of hydrogen-bond donors (Lipinski definition) is 1. The first-order chi connectivity index (χ1) is 10.2. The zero-order valence-electron chi connectivity index (χ0n) is 13.9. The Morgan fingerprint density at radius 2 is 1.57 bits per heavy atom. The number of rotatable bonds is 11. The van der Waals surface area contributed by atoms with Gasteiger partial charge >= 0.3 is 0 Å². The molecule has 0 bridgehead atoms. The van der Waals surface area contributed by atoms with Crippen LogP contribution in [0.4, 0.5) is 5.69 Å². The van der Waals surface area contributed by atoms with Crippen molar-refractivity contribution in [2.75, 3.05) is 24.6 Å². The van der Waals surface area contributed by atoms with Crippen LogP contribution in [0.15, 0.2) is 18.2 Å². The average Bonchev–Trinajstić information content (AvgIpc) is 2.50. The normalized spacial score (nSPS) is 10.6. The molecule has 0 aliphatic rings. The maximum Gasteiger partial charge on any atom is 0.139 e. The lowest BCUT2D eigenvalue weighted by molar-refractivity contribution is 0.309. The molecule has 0 saturated heterocycles. The predicted octanol–water partition coefficient (Wildman–Crippen LogP) is 4.98. The van der Waals surface area contributed by atoms with Crippen LogP contribution in [0, 0.1) is 0 Å². The summed E-state index contributed by atoms with van der Waals surface area (Å²) in [7, 11) is 0. The summed E-state index contributed by atoms with van der Waals surface area (Å²) in [5.41, 5.74) is 0.908. The molecule has 0 radical (unpaired) electrons. The van der Waals surface area contributed by atoms with Crippen molar-refractivity contribution in [3.05, 3.63) is 18.2 Å². The van der Waals surface area contributed by atoms with Gasteiger partial charge in [0, 0.05) is 19.2 Å². The molecule has 0 amide bonds. The van der Waals surface area contributed by atoms with Crippen molar-refractivity contribution in [3.8, 4) is 11.5 Å². The van der Waals surface area contributed by atoms with Crippen LogP contribution >= 0.6 is 0 Å². The van der Waals surface area contributed by atoms with Gasteiger partial charge in [0.1, 0.15) is 11.5 Å². The molecule has 0 aliphatic carbocycles. The van der Waals surface area contributed by atoms with Gasteiger partial charge in [0.2, 0.25) is 0 Å². The van der Waals surface area contributed by atoms with Crippen LogP contribution in [0.5, 0.6) is 11.5 Å². The third-order valence-corrected chi connectivity index (χ3v) is 3.62. The molecule has 0 unspecified atom stereocenters. The molecule has 1 N–H and O–H groups in total. The summed E-state index contributed by atoms with van der Waals surface area (Å²) in [5, 5.41) is 10.2. The Morgan fingerprint density at radius 1 is 0.952 bits per heavy atom. The van der Waals surface area contributed by atoms with E-state index in [9.17, 15) is 5.11 Å². The highest BCUT2D eigenvalue weighted by Gasteiger charge is 2.12. The van der Waals surface area contributed by atoms with Gasteiger partial charge in [0.25, 0.3) is 0 Å². The first-order valence-electron chi connectivity index (χ1n) is 8.43. The van der Waals surface area contributed by atoms with Gasteiger partial charge in [-0.1, -0.05) is 40.0 Å². The van der Waals surface area contributed by atoms with Gasteiger partial charge in [-0.05, 0) is 31.4 Å². The van der Waals surface area contributed by atoms with E-state index in [1.165, 1.54) is 0 Å². The second-order valence-electron chi connectivity index (χ2n) is 5.55. The third kappa shape index (κ3) is 6.28. The Balaban J connectivity index is 2.80. The molecule has 0 fully saturated rings. The largest absolute Gasteiger partial charge is 0.506 e. The fourth-order valence-corrected chi connectivity index (χ4v) is 2.23. The predicted molar refractivity (Wildman–Crippen MR) is 90.5 cm³/mol. The van der Waals surface area contributed by atoms with E-state index < -0.39 is 0 Å². The fraction of sp³-hybridized carbons (Fsp3) is 0.667. The van der Waals surface area contributed by atoms with E-state index in [0.29, 0.717) is 5.75 Å². The van der Waals surface area contributed by atoms with Crippen molar-refractivity contribution in [2.24, 2.45) is 0 Å². The standard InChI is InChI=1S/C18H31NO2/c1-4-7-12-19(13-8-5-2)17-15-16(10-11-18(17)20)21-14-9-6-3/h10-11,15,20H,4-9,12-14H2,1-3H3. The summed E-state index contributed by atoms with van der Waals surface area (Å²) < 4.78 is 5.76. The minimum Gasteiger partial charge on any atom is -0.506 e. The third-order valence-electron chi connectivity index (χ3n) is 3.62. The van der Waals surface area contributed by atoms with E-state index in [-0.39, 0.29) is 0 Å². The first kappa shape index (κ1) is 17.7. The number of benzene rings is 1. The molecule has 21 heavy (non-hydrogen) atoms. The molecule has 0 saturated carbocycles. The number of aromatic hydroxyl groups is 1. The summed E-state index contributed by atoms with van der Waals surface area (Å²) in [6.45, 7) is 9.27. The molecule has 0 atom stereocenters. The second-order valence-corrected chi connectivity index (χ2v) is 5.55. The summed E-state index contributed by atoms with van der Waals surface area (Å²) >= 11 is 0. The second kappa shape index (κ2) is 10.4. The Labute approximate surface area is 129 Å². The van der Waals surface area contributed by atoms with Crippen molar-refractivity contribution in [1.82, 2.24) is 0 Å². The van der Waals surface area contributed by atoms with Crippen LogP contribution < -0.4 is 9.64 Å². The minimum absolute atomic E-state index is 0.352. The first-order valence-corrected chi connectivity index (χ1v) is 8.43. The number of phenols is 1. The topological polar surface area (TPSA) is 32.7 Å². The lowest BCUT2D eigenvalue weighted by Gasteiger charge is -2.26. The van der Waals surface area contributed by atoms with Gasteiger partial charge in [-0.25, -0.2) is 0 Å². The van der Waals surface area contributed by atoms with Crippen LogP contribution in [-0.2, 0) is 0 Å². The van der Waals surface area contributed by atoms with Crippen molar-refractivity contribution >= 4 is 5.69 Å². The lowest BCUT2D eigenvalue weighted by Crippen LogP contribution is -2.25. The molecule has 0 aliphatic heterocycles. The highest BCUT2D eigenvalue weighted by molar-refractivity contribution is 5.60. The molecule has 3 nitrogen and oxygen atoms in total. The lowest BCUT2D eigenvalue weighted by atomic mass is 10.2. The van der Waals surface area contributed by atoms with Crippen LogP contribution in [0.25, 0.3) is 0 Å². The fourth-order valence-electron chi connectivity index (χ4n) is 2.23. The van der Waals surface area contributed by atoms with Gasteiger partial charge in [-0.15, -0.1) is 0 Å². The van der Waals surface area contributed by atoms with E-state index in [1.54, 1.807) is 6.07 Å². The van der Waals surface area contributed by atoms with Gasteiger partial charge in [0.05, 0.1) is 12.3 Å². The average molecular weight is 293 g/mol. The number of phenolic OH excluding ortho intramolecular Hbond substituents is 1. The van der Waals surface area contributed by atoms with Crippen molar-refractivity contribution < 1.29 is 9.84 Å². The Kier molecular flexibility index (Phi) is 8.72. The van der Waals surface area contributed by atoms with E-state index in [2.05, 4.69) is 25.7 Å². The van der Waals surface area contributed by atoms with Crippen molar-refractivity contribution in [2.45, 2.75) is 59.3 Å². The van der Waals surface area contributed by atoms with Crippen LogP contribution in [0.3, 0.4) is 0 Å². The SMILES string of the molecule is CCCCOc1ccc(O)c(N(CCCC)CCCC)c1. The van der Waals surface area contributed by atoms with E-state index >= 15 is 0 Å². The quantitative estimate of drug-likeness (QED) is 0.584. The smallest absolute Gasteiger partial charge is 0.139 e. The summed E-state index contributed by atoms with van der Waals surface area (Å²) in [6, 6.07) is 5.59. The Morgan fingerprint density at radius 3 is 2.14 bits per heavy atom. The van der Waals surface area contributed by atoms with Crippen LogP contribution in [0.1, 0.15) is 59.3 Å². The Bertz CT molecular complexity index is 385.